The summed E-state index contributed by atoms with van der Waals surface area (Å²) in [6.45, 7) is 0. The molecule has 0 saturated heterocycles. The highest BCUT2D eigenvalue weighted by Gasteiger charge is 2.30. The van der Waals surface area contributed by atoms with Crippen molar-refractivity contribution in [2.24, 2.45) is 0 Å². The molecule has 0 aromatic heterocycles. The maximum absolute atomic E-state index is 13.5. The van der Waals surface area contributed by atoms with Gasteiger partial charge < -0.3 is 0 Å². The first-order chi connectivity index (χ1) is 19.8. The van der Waals surface area contributed by atoms with Crippen molar-refractivity contribution in [2.45, 2.75) is 29.4 Å². The number of ketones is 1. The standard InChI is InChI=1S/C37H28OS2/c38-37(29-21-25-35(26-22-29)39(31-13-5-1-6-14-31)32-15-7-2-8-16-32)30-23-27-36(28-24-30)40(33-17-9-3-10-18-33)34-19-11-4-12-20-34/h1-28H/q+2. The molecule has 6 aromatic carbocycles. The van der Waals surface area contributed by atoms with E-state index in [-0.39, 0.29) is 27.6 Å². The van der Waals surface area contributed by atoms with Gasteiger partial charge in [-0.2, -0.15) is 0 Å². The average molecular weight is 553 g/mol. The first kappa shape index (κ1) is 25.9. The van der Waals surface area contributed by atoms with E-state index >= 15 is 0 Å². The molecule has 40 heavy (non-hydrogen) atoms. The minimum absolute atomic E-state index is 0.0386. The fraction of sp³-hybridized carbons (Fsp3) is 0. The molecule has 6 aromatic rings. The largest absolute Gasteiger partial charge is 0.289 e. The Bertz CT molecular complexity index is 1460. The van der Waals surface area contributed by atoms with Gasteiger partial charge in [-0.15, -0.1) is 0 Å². The molecule has 6 rings (SSSR count). The highest BCUT2D eigenvalue weighted by Crippen LogP contribution is 2.33. The topological polar surface area (TPSA) is 17.1 Å². The monoisotopic (exact) mass is 552 g/mol. The predicted molar refractivity (Wildman–Crippen MR) is 166 cm³/mol. The Morgan fingerprint density at radius 2 is 0.525 bits per heavy atom. The van der Waals surface area contributed by atoms with Crippen LogP contribution in [0.1, 0.15) is 15.9 Å². The van der Waals surface area contributed by atoms with E-state index in [1.807, 2.05) is 48.5 Å². The van der Waals surface area contributed by atoms with Crippen LogP contribution in [0.2, 0.25) is 0 Å². The van der Waals surface area contributed by atoms with Gasteiger partial charge in [0.05, 0.1) is 21.8 Å². The Hall–Kier alpha value is -4.31. The average Bonchev–Trinajstić information content (AvgIpc) is 3.04. The van der Waals surface area contributed by atoms with E-state index in [0.717, 1.165) is 0 Å². The van der Waals surface area contributed by atoms with Gasteiger partial charge in [0.25, 0.3) is 0 Å². The van der Waals surface area contributed by atoms with Gasteiger partial charge in [0.15, 0.2) is 35.2 Å². The van der Waals surface area contributed by atoms with E-state index in [4.69, 9.17) is 0 Å². The molecule has 0 aliphatic carbocycles. The summed E-state index contributed by atoms with van der Waals surface area (Å²) in [5.74, 6) is 0.0386. The summed E-state index contributed by atoms with van der Waals surface area (Å²) in [5, 5.41) is 0. The van der Waals surface area contributed by atoms with Gasteiger partial charge in [-0.1, -0.05) is 72.8 Å². The molecule has 0 bridgehead atoms. The molecule has 0 aliphatic heterocycles. The Kier molecular flexibility index (Phi) is 7.95. The molecule has 192 valence electrons. The molecule has 0 saturated carbocycles. The third-order valence-corrected chi connectivity index (χ3v) is 11.1. The molecule has 0 atom stereocenters. The molecule has 0 unspecified atom stereocenters. The lowest BCUT2D eigenvalue weighted by Gasteiger charge is -2.09. The number of benzene rings is 6. The molecule has 0 N–H and O–H groups in total. The van der Waals surface area contributed by atoms with Crippen LogP contribution in [0.5, 0.6) is 0 Å². The van der Waals surface area contributed by atoms with Gasteiger partial charge in [0.1, 0.15) is 0 Å². The summed E-state index contributed by atoms with van der Waals surface area (Å²) in [6.07, 6.45) is 0. The van der Waals surface area contributed by atoms with Gasteiger partial charge in [0.2, 0.25) is 0 Å². The van der Waals surface area contributed by atoms with Crippen LogP contribution in [0.15, 0.2) is 199 Å². The molecule has 0 radical (unpaired) electrons. The van der Waals surface area contributed by atoms with Crippen molar-refractivity contribution in [3.63, 3.8) is 0 Å². The minimum atomic E-state index is -0.236. The van der Waals surface area contributed by atoms with Crippen LogP contribution in [0.4, 0.5) is 0 Å². The van der Waals surface area contributed by atoms with Crippen molar-refractivity contribution in [1.29, 1.82) is 0 Å². The first-order valence-corrected chi connectivity index (χ1v) is 15.7. The van der Waals surface area contributed by atoms with Crippen LogP contribution in [0.25, 0.3) is 0 Å². The number of carbonyl (C=O) groups is 1. The minimum Gasteiger partial charge on any atom is -0.289 e. The van der Waals surface area contributed by atoms with Crippen LogP contribution in [-0.2, 0) is 21.8 Å². The lowest BCUT2D eigenvalue weighted by Crippen LogP contribution is -2.07. The molecule has 0 spiro atoms. The summed E-state index contributed by atoms with van der Waals surface area (Å²) in [5.41, 5.74) is 1.40. The lowest BCUT2D eigenvalue weighted by molar-refractivity contribution is 0.103. The molecule has 0 amide bonds. The summed E-state index contributed by atoms with van der Waals surface area (Å²) in [7, 11) is -0.472. The maximum Gasteiger partial charge on any atom is 0.193 e. The molecule has 1 nitrogen and oxygen atoms in total. The summed E-state index contributed by atoms with van der Waals surface area (Å²) >= 11 is 0. The second kappa shape index (κ2) is 12.3. The lowest BCUT2D eigenvalue weighted by atomic mass is 10.0. The molecule has 0 heterocycles. The van der Waals surface area contributed by atoms with Crippen molar-refractivity contribution in [3.8, 4) is 0 Å². The van der Waals surface area contributed by atoms with E-state index in [1.165, 1.54) is 29.4 Å². The van der Waals surface area contributed by atoms with Crippen molar-refractivity contribution in [2.75, 3.05) is 0 Å². The zero-order valence-corrected chi connectivity index (χ0v) is 23.5. The van der Waals surface area contributed by atoms with Crippen LogP contribution in [0, 0.1) is 0 Å². The fourth-order valence-electron chi connectivity index (χ4n) is 4.69. The number of hydrogen-bond donors (Lipinski definition) is 0. The summed E-state index contributed by atoms with van der Waals surface area (Å²) < 4.78 is 0. The van der Waals surface area contributed by atoms with Crippen molar-refractivity contribution in [1.82, 2.24) is 0 Å². The van der Waals surface area contributed by atoms with Crippen molar-refractivity contribution < 1.29 is 4.79 Å². The molecule has 0 aliphatic rings. The van der Waals surface area contributed by atoms with E-state index in [9.17, 15) is 4.79 Å². The highest BCUT2D eigenvalue weighted by atomic mass is 32.2. The van der Waals surface area contributed by atoms with Crippen molar-refractivity contribution >= 4 is 27.6 Å². The fourth-order valence-corrected chi connectivity index (χ4v) is 8.86. The van der Waals surface area contributed by atoms with Crippen LogP contribution < -0.4 is 0 Å². The summed E-state index contributed by atoms with van der Waals surface area (Å²) in [6, 6.07) is 58.6. The molecular weight excluding hydrogens is 525 g/mol. The van der Waals surface area contributed by atoms with Gasteiger partial charge in [-0.05, 0) is 97.1 Å². The van der Waals surface area contributed by atoms with Crippen LogP contribution in [-0.4, -0.2) is 5.78 Å². The Morgan fingerprint density at radius 1 is 0.300 bits per heavy atom. The highest BCUT2D eigenvalue weighted by molar-refractivity contribution is 7.97. The molecule has 3 heteroatoms. The number of carbonyl (C=O) groups excluding carboxylic acids is 1. The number of hydrogen-bond acceptors (Lipinski definition) is 1. The third-order valence-electron chi connectivity index (χ3n) is 6.62. The molecule has 0 fully saturated rings. The van der Waals surface area contributed by atoms with Crippen molar-refractivity contribution in [3.05, 3.63) is 181 Å². The van der Waals surface area contributed by atoms with E-state index in [1.54, 1.807) is 0 Å². The van der Waals surface area contributed by atoms with Gasteiger partial charge in [0, 0.05) is 11.1 Å². The zero-order valence-electron chi connectivity index (χ0n) is 21.9. The second-order valence-electron chi connectivity index (χ2n) is 9.24. The summed E-state index contributed by atoms with van der Waals surface area (Å²) in [4.78, 5) is 20.9. The SMILES string of the molecule is O=C(c1ccc([S+](c2ccccc2)c2ccccc2)cc1)c1ccc([S+](c2ccccc2)c2ccccc2)cc1. The van der Waals surface area contributed by atoms with E-state index in [0.29, 0.717) is 11.1 Å². The maximum atomic E-state index is 13.5. The van der Waals surface area contributed by atoms with E-state index < -0.39 is 0 Å². The number of rotatable bonds is 8. The zero-order chi connectivity index (χ0) is 27.1. The quantitative estimate of drug-likeness (QED) is 0.136. The van der Waals surface area contributed by atoms with Gasteiger partial charge >= 0.3 is 0 Å². The Morgan fingerprint density at radius 3 is 0.775 bits per heavy atom. The second-order valence-corrected chi connectivity index (χ2v) is 13.3. The predicted octanol–water partition coefficient (Wildman–Crippen LogP) is 9.11. The smallest absolute Gasteiger partial charge is 0.193 e. The van der Waals surface area contributed by atoms with Crippen LogP contribution >= 0.6 is 0 Å². The Labute approximate surface area is 241 Å². The first-order valence-electron chi connectivity index (χ1n) is 13.2. The van der Waals surface area contributed by atoms with Gasteiger partial charge in [-0.25, -0.2) is 0 Å². The van der Waals surface area contributed by atoms with E-state index in [2.05, 4.69) is 121 Å². The molecular formula is C37H28OS2+2. The third kappa shape index (κ3) is 5.67. The van der Waals surface area contributed by atoms with Gasteiger partial charge in [-0.3, -0.25) is 4.79 Å². The Balaban J connectivity index is 1.27. The van der Waals surface area contributed by atoms with Crippen LogP contribution in [0.3, 0.4) is 0 Å². The normalized spacial score (nSPS) is 11.1.